The van der Waals surface area contributed by atoms with Gasteiger partial charge < -0.3 is 10.1 Å². The number of hydrogen-bond donors (Lipinski definition) is 2. The number of benzene rings is 3. The highest BCUT2D eigenvalue weighted by molar-refractivity contribution is 7.92. The van der Waals surface area contributed by atoms with Crippen LogP contribution in [0, 0.1) is 13.8 Å². The van der Waals surface area contributed by atoms with Crippen LogP contribution >= 0.6 is 11.6 Å². The number of para-hydroxylation sites is 1. The lowest BCUT2D eigenvalue weighted by atomic mass is 10.2. The minimum Gasteiger partial charge on any atom is -0.491 e. The Balaban J connectivity index is 1.64. The molecule has 0 aliphatic heterocycles. The van der Waals surface area contributed by atoms with Crippen molar-refractivity contribution in [2.24, 2.45) is 0 Å². The number of aryl methyl sites for hydroxylation is 2. The molecule has 31 heavy (non-hydrogen) atoms. The lowest BCUT2D eigenvalue weighted by Crippen LogP contribution is -2.28. The van der Waals surface area contributed by atoms with Crippen molar-refractivity contribution < 1.29 is 17.9 Å². The van der Waals surface area contributed by atoms with E-state index in [-0.39, 0.29) is 34.3 Å². The number of rotatable bonds is 8. The Morgan fingerprint density at radius 2 is 1.71 bits per heavy atom. The highest BCUT2D eigenvalue weighted by Gasteiger charge is 2.17. The van der Waals surface area contributed by atoms with E-state index >= 15 is 0 Å². The molecule has 0 fully saturated rings. The SMILES string of the molecule is Cc1ccc(S(=O)(=O)Nc2ccc(Cl)c(C(=O)NCCOc3ccccc3C)c2)cc1. The standard InChI is InChI=1S/C23H23ClN2O4S/c1-16-7-10-19(11-8-16)31(28,29)26-18-9-12-21(24)20(15-18)23(27)25-13-14-30-22-6-4-3-5-17(22)2/h3-12,15,26H,13-14H2,1-2H3,(H,25,27). The molecule has 0 spiro atoms. The zero-order valence-electron chi connectivity index (χ0n) is 17.2. The molecule has 0 saturated heterocycles. The molecule has 0 radical (unpaired) electrons. The molecule has 3 aromatic carbocycles. The van der Waals surface area contributed by atoms with Crippen molar-refractivity contribution in [1.29, 1.82) is 0 Å². The van der Waals surface area contributed by atoms with Crippen molar-refractivity contribution in [3.8, 4) is 5.75 Å². The van der Waals surface area contributed by atoms with E-state index in [1.54, 1.807) is 12.1 Å². The summed E-state index contributed by atoms with van der Waals surface area (Å²) in [5, 5.41) is 2.95. The van der Waals surface area contributed by atoms with Gasteiger partial charge in [-0.3, -0.25) is 9.52 Å². The summed E-state index contributed by atoms with van der Waals surface area (Å²) in [5.74, 6) is 0.331. The van der Waals surface area contributed by atoms with Gasteiger partial charge in [-0.2, -0.15) is 0 Å². The van der Waals surface area contributed by atoms with Crippen LogP contribution in [0.2, 0.25) is 5.02 Å². The Bertz CT molecular complexity index is 1180. The van der Waals surface area contributed by atoms with Crippen LogP contribution in [0.4, 0.5) is 5.69 Å². The molecule has 0 aromatic heterocycles. The van der Waals surface area contributed by atoms with Crippen molar-refractivity contribution >= 4 is 33.2 Å². The number of nitrogens with one attached hydrogen (secondary N) is 2. The second-order valence-corrected chi connectivity index (χ2v) is 9.07. The first-order valence-electron chi connectivity index (χ1n) is 9.62. The van der Waals surface area contributed by atoms with E-state index < -0.39 is 15.9 Å². The number of amides is 1. The highest BCUT2D eigenvalue weighted by Crippen LogP contribution is 2.23. The summed E-state index contributed by atoms with van der Waals surface area (Å²) in [4.78, 5) is 12.7. The quantitative estimate of drug-likeness (QED) is 0.484. The van der Waals surface area contributed by atoms with Gasteiger partial charge in [-0.15, -0.1) is 0 Å². The van der Waals surface area contributed by atoms with E-state index in [1.807, 2.05) is 38.1 Å². The molecule has 8 heteroatoms. The zero-order valence-corrected chi connectivity index (χ0v) is 18.8. The molecule has 0 unspecified atom stereocenters. The van der Waals surface area contributed by atoms with Crippen LogP contribution in [0.3, 0.4) is 0 Å². The van der Waals surface area contributed by atoms with E-state index in [0.29, 0.717) is 0 Å². The van der Waals surface area contributed by atoms with Gasteiger partial charge in [-0.05, 0) is 55.8 Å². The third-order valence-electron chi connectivity index (χ3n) is 4.53. The number of carbonyl (C=O) groups excluding carboxylic acids is 1. The maximum atomic E-state index is 12.6. The molecule has 0 aliphatic rings. The molecule has 2 N–H and O–H groups in total. The smallest absolute Gasteiger partial charge is 0.261 e. The molecule has 0 bridgehead atoms. The Morgan fingerprint density at radius 1 is 1.00 bits per heavy atom. The fourth-order valence-corrected chi connectivity index (χ4v) is 4.09. The number of anilines is 1. The Labute approximate surface area is 187 Å². The zero-order chi connectivity index (χ0) is 22.4. The van der Waals surface area contributed by atoms with Gasteiger partial charge in [0, 0.05) is 5.69 Å². The summed E-state index contributed by atoms with van der Waals surface area (Å²) in [6.45, 7) is 4.37. The first-order valence-corrected chi connectivity index (χ1v) is 11.5. The van der Waals surface area contributed by atoms with Gasteiger partial charge in [0.2, 0.25) is 0 Å². The van der Waals surface area contributed by atoms with Crippen molar-refractivity contribution in [3.63, 3.8) is 0 Å². The molecular formula is C23H23ClN2O4S. The molecule has 1 amide bonds. The molecule has 0 heterocycles. The Kier molecular flexibility index (Phi) is 7.20. The number of sulfonamides is 1. The highest BCUT2D eigenvalue weighted by atomic mass is 35.5. The first kappa shape index (κ1) is 22.7. The molecule has 162 valence electrons. The summed E-state index contributed by atoms with van der Waals surface area (Å²) in [7, 11) is -3.79. The summed E-state index contributed by atoms with van der Waals surface area (Å²) >= 11 is 6.16. The second-order valence-electron chi connectivity index (χ2n) is 6.98. The summed E-state index contributed by atoms with van der Waals surface area (Å²) < 4.78 is 33.3. The molecule has 3 rings (SSSR count). The monoisotopic (exact) mass is 458 g/mol. The van der Waals surface area contributed by atoms with Crippen molar-refractivity contribution in [2.45, 2.75) is 18.7 Å². The first-order chi connectivity index (χ1) is 14.8. The van der Waals surface area contributed by atoms with Gasteiger partial charge in [0.05, 0.1) is 22.0 Å². The van der Waals surface area contributed by atoms with Crippen LogP contribution in [0.25, 0.3) is 0 Å². The summed E-state index contributed by atoms with van der Waals surface area (Å²) in [6, 6.07) is 18.5. The van der Waals surface area contributed by atoms with Crippen LogP contribution in [0.5, 0.6) is 5.75 Å². The fourth-order valence-electron chi connectivity index (χ4n) is 2.83. The topological polar surface area (TPSA) is 84.5 Å². The number of carbonyl (C=O) groups is 1. The van der Waals surface area contributed by atoms with Gasteiger partial charge >= 0.3 is 0 Å². The van der Waals surface area contributed by atoms with Gasteiger partial charge in [0.1, 0.15) is 12.4 Å². The van der Waals surface area contributed by atoms with Gasteiger partial charge in [-0.25, -0.2) is 8.42 Å². The van der Waals surface area contributed by atoms with Crippen LogP contribution in [0.1, 0.15) is 21.5 Å². The number of ether oxygens (including phenoxy) is 1. The second kappa shape index (κ2) is 9.85. The molecule has 0 saturated carbocycles. The average Bonchev–Trinajstić information content (AvgIpc) is 2.73. The van der Waals surface area contributed by atoms with Crippen molar-refractivity contribution in [3.05, 3.63) is 88.4 Å². The van der Waals surface area contributed by atoms with E-state index in [9.17, 15) is 13.2 Å². The van der Waals surface area contributed by atoms with Gasteiger partial charge in [0.15, 0.2) is 0 Å². The third-order valence-corrected chi connectivity index (χ3v) is 6.26. The Morgan fingerprint density at radius 3 is 2.42 bits per heavy atom. The maximum absolute atomic E-state index is 12.6. The normalized spacial score (nSPS) is 11.1. The number of halogens is 1. The lowest BCUT2D eigenvalue weighted by molar-refractivity contribution is 0.0947. The van der Waals surface area contributed by atoms with Crippen LogP contribution in [0.15, 0.2) is 71.6 Å². The van der Waals surface area contributed by atoms with Crippen molar-refractivity contribution in [1.82, 2.24) is 5.32 Å². The molecular weight excluding hydrogens is 436 g/mol. The molecule has 6 nitrogen and oxygen atoms in total. The fraction of sp³-hybridized carbons (Fsp3) is 0.174. The molecule has 0 aliphatic carbocycles. The van der Waals surface area contributed by atoms with Gasteiger partial charge in [-0.1, -0.05) is 47.5 Å². The van der Waals surface area contributed by atoms with E-state index in [1.165, 1.54) is 30.3 Å². The minimum atomic E-state index is -3.79. The lowest BCUT2D eigenvalue weighted by Gasteiger charge is -2.12. The molecule has 0 atom stereocenters. The maximum Gasteiger partial charge on any atom is 0.261 e. The summed E-state index contributed by atoms with van der Waals surface area (Å²) in [5.41, 5.74) is 2.37. The predicted molar refractivity (Wildman–Crippen MR) is 122 cm³/mol. The van der Waals surface area contributed by atoms with E-state index in [4.69, 9.17) is 16.3 Å². The van der Waals surface area contributed by atoms with Crippen LogP contribution < -0.4 is 14.8 Å². The predicted octanol–water partition coefficient (Wildman–Crippen LogP) is 4.57. The largest absolute Gasteiger partial charge is 0.491 e. The van der Waals surface area contributed by atoms with Gasteiger partial charge in [0.25, 0.3) is 15.9 Å². The van der Waals surface area contributed by atoms with Crippen LogP contribution in [-0.2, 0) is 10.0 Å². The van der Waals surface area contributed by atoms with Crippen molar-refractivity contribution in [2.75, 3.05) is 17.9 Å². The minimum absolute atomic E-state index is 0.132. The van der Waals surface area contributed by atoms with Crippen LogP contribution in [-0.4, -0.2) is 27.5 Å². The summed E-state index contributed by atoms with van der Waals surface area (Å²) in [6.07, 6.45) is 0. The van der Waals surface area contributed by atoms with E-state index in [2.05, 4.69) is 10.0 Å². The third kappa shape index (κ3) is 5.99. The number of hydrogen-bond acceptors (Lipinski definition) is 4. The average molecular weight is 459 g/mol. The van der Waals surface area contributed by atoms with E-state index in [0.717, 1.165) is 16.9 Å². The molecule has 3 aromatic rings. The Hall–Kier alpha value is -3.03.